The lowest BCUT2D eigenvalue weighted by Gasteiger charge is -2.13. The Morgan fingerprint density at radius 3 is 2.42 bits per heavy atom. The fraction of sp³-hybridized carbons (Fsp3) is 0.529. The summed E-state index contributed by atoms with van der Waals surface area (Å²) in [6.45, 7) is 0.296. The summed E-state index contributed by atoms with van der Waals surface area (Å²) in [6.07, 6.45) is 4.40. The third-order valence-corrected chi connectivity index (χ3v) is 4.13. The van der Waals surface area contributed by atoms with Crippen LogP contribution in [0, 0.1) is 0 Å². The van der Waals surface area contributed by atoms with Gasteiger partial charge in [-0.2, -0.15) is 0 Å². The van der Waals surface area contributed by atoms with E-state index in [4.69, 9.17) is 10.5 Å². The van der Waals surface area contributed by atoms with Gasteiger partial charge in [0.2, 0.25) is 5.91 Å². The molecular formula is C17H26ClN3O3. The number of hydrogen-bond acceptors (Lipinski definition) is 4. The van der Waals surface area contributed by atoms with Gasteiger partial charge in [-0.1, -0.05) is 12.8 Å². The van der Waals surface area contributed by atoms with Crippen molar-refractivity contribution >= 4 is 29.9 Å². The minimum Gasteiger partial charge on any atom is -0.380 e. The van der Waals surface area contributed by atoms with Gasteiger partial charge in [-0.05, 0) is 37.1 Å². The van der Waals surface area contributed by atoms with Crippen LogP contribution in [0.25, 0.3) is 0 Å². The summed E-state index contributed by atoms with van der Waals surface area (Å²) in [5, 5.41) is 5.81. The van der Waals surface area contributed by atoms with Gasteiger partial charge >= 0.3 is 0 Å². The molecule has 0 aliphatic heterocycles. The van der Waals surface area contributed by atoms with Crippen LogP contribution in [-0.4, -0.2) is 37.6 Å². The molecule has 24 heavy (non-hydrogen) atoms. The first-order chi connectivity index (χ1) is 11.1. The van der Waals surface area contributed by atoms with Gasteiger partial charge in [0.05, 0.1) is 12.5 Å². The Kier molecular flexibility index (Phi) is 8.74. The van der Waals surface area contributed by atoms with Gasteiger partial charge < -0.3 is 21.1 Å². The maximum Gasteiger partial charge on any atom is 0.251 e. The number of rotatable bonds is 7. The molecule has 1 aliphatic rings. The van der Waals surface area contributed by atoms with E-state index in [1.54, 1.807) is 24.3 Å². The second kappa shape index (κ2) is 10.3. The molecule has 4 N–H and O–H groups in total. The summed E-state index contributed by atoms with van der Waals surface area (Å²) in [4.78, 5) is 24.0. The SMILES string of the molecule is COC(CN)CC(=O)Nc1ccc(C(=O)NC2CCCC2)cc1.Cl. The highest BCUT2D eigenvalue weighted by molar-refractivity contribution is 5.96. The van der Waals surface area contributed by atoms with Crippen LogP contribution >= 0.6 is 12.4 Å². The van der Waals surface area contributed by atoms with E-state index >= 15 is 0 Å². The van der Waals surface area contributed by atoms with Gasteiger partial charge in [0.25, 0.3) is 5.91 Å². The highest BCUT2D eigenvalue weighted by Gasteiger charge is 2.18. The molecule has 1 saturated carbocycles. The average molecular weight is 356 g/mol. The van der Waals surface area contributed by atoms with E-state index in [1.807, 2.05) is 0 Å². The molecule has 0 spiro atoms. The van der Waals surface area contributed by atoms with E-state index in [0.29, 0.717) is 23.8 Å². The van der Waals surface area contributed by atoms with Crippen molar-refractivity contribution in [3.05, 3.63) is 29.8 Å². The molecule has 0 saturated heterocycles. The van der Waals surface area contributed by atoms with Crippen LogP contribution in [0.4, 0.5) is 5.69 Å². The van der Waals surface area contributed by atoms with E-state index in [1.165, 1.54) is 20.0 Å². The molecule has 2 rings (SSSR count). The van der Waals surface area contributed by atoms with Gasteiger partial charge in [-0.15, -0.1) is 12.4 Å². The highest BCUT2D eigenvalue weighted by Crippen LogP contribution is 2.18. The van der Waals surface area contributed by atoms with Crippen molar-refractivity contribution in [2.24, 2.45) is 5.73 Å². The fourth-order valence-corrected chi connectivity index (χ4v) is 2.73. The zero-order valence-corrected chi connectivity index (χ0v) is 14.7. The minimum atomic E-state index is -0.286. The molecule has 1 aliphatic carbocycles. The summed E-state index contributed by atoms with van der Waals surface area (Å²) in [5.74, 6) is -0.220. The topological polar surface area (TPSA) is 93.4 Å². The number of methoxy groups -OCH3 is 1. The molecule has 0 radical (unpaired) electrons. The molecule has 0 heterocycles. The molecular weight excluding hydrogens is 330 g/mol. The summed E-state index contributed by atoms with van der Waals surface area (Å²) >= 11 is 0. The number of carbonyl (C=O) groups is 2. The molecule has 2 amide bonds. The van der Waals surface area contributed by atoms with Gasteiger partial charge in [0.1, 0.15) is 0 Å². The first kappa shape index (κ1) is 20.4. The lowest BCUT2D eigenvalue weighted by atomic mass is 10.1. The van der Waals surface area contributed by atoms with Crippen molar-refractivity contribution in [2.75, 3.05) is 19.0 Å². The lowest BCUT2D eigenvalue weighted by Crippen LogP contribution is -2.32. The molecule has 1 aromatic carbocycles. The number of amides is 2. The summed E-state index contributed by atoms with van der Waals surface area (Å²) < 4.78 is 5.08. The quantitative estimate of drug-likeness (QED) is 0.698. The number of hydrogen-bond donors (Lipinski definition) is 3. The zero-order valence-electron chi connectivity index (χ0n) is 13.9. The molecule has 134 valence electrons. The van der Waals surface area contributed by atoms with E-state index < -0.39 is 0 Å². The van der Waals surface area contributed by atoms with Crippen LogP contribution in [0.3, 0.4) is 0 Å². The average Bonchev–Trinajstić information content (AvgIpc) is 3.06. The Morgan fingerprint density at radius 2 is 1.88 bits per heavy atom. The Balaban J connectivity index is 0.00000288. The molecule has 0 aromatic heterocycles. The molecule has 1 fully saturated rings. The molecule has 1 aromatic rings. The molecule has 7 heteroatoms. The number of benzene rings is 1. The largest absolute Gasteiger partial charge is 0.380 e. The molecule has 0 bridgehead atoms. The van der Waals surface area contributed by atoms with Crippen LogP contribution in [0.2, 0.25) is 0 Å². The van der Waals surface area contributed by atoms with Gasteiger partial charge in [0, 0.05) is 30.9 Å². The van der Waals surface area contributed by atoms with Crippen LogP contribution in [0.15, 0.2) is 24.3 Å². The zero-order chi connectivity index (χ0) is 16.7. The van der Waals surface area contributed by atoms with Crippen LogP contribution < -0.4 is 16.4 Å². The van der Waals surface area contributed by atoms with E-state index in [0.717, 1.165) is 12.8 Å². The third kappa shape index (κ3) is 6.11. The first-order valence-corrected chi connectivity index (χ1v) is 8.06. The van der Waals surface area contributed by atoms with Crippen LogP contribution in [0.5, 0.6) is 0 Å². The summed E-state index contributed by atoms with van der Waals surface area (Å²) in [5.41, 5.74) is 6.75. The smallest absolute Gasteiger partial charge is 0.251 e. The number of nitrogens with one attached hydrogen (secondary N) is 2. The highest BCUT2D eigenvalue weighted by atomic mass is 35.5. The number of halogens is 1. The maximum atomic E-state index is 12.1. The first-order valence-electron chi connectivity index (χ1n) is 8.06. The second-order valence-corrected chi connectivity index (χ2v) is 5.88. The van der Waals surface area contributed by atoms with Gasteiger partial charge in [-0.3, -0.25) is 9.59 Å². The Hall–Kier alpha value is -1.63. The Labute approximate surface area is 148 Å². The van der Waals surface area contributed by atoms with E-state index in [9.17, 15) is 9.59 Å². The fourth-order valence-electron chi connectivity index (χ4n) is 2.73. The van der Waals surface area contributed by atoms with Crippen molar-refractivity contribution < 1.29 is 14.3 Å². The third-order valence-electron chi connectivity index (χ3n) is 4.13. The van der Waals surface area contributed by atoms with Crippen molar-refractivity contribution in [3.63, 3.8) is 0 Å². The van der Waals surface area contributed by atoms with Crippen molar-refractivity contribution in [1.29, 1.82) is 0 Å². The predicted molar refractivity (Wildman–Crippen MR) is 96.5 cm³/mol. The lowest BCUT2D eigenvalue weighted by molar-refractivity contribution is -0.118. The van der Waals surface area contributed by atoms with Crippen molar-refractivity contribution in [1.82, 2.24) is 5.32 Å². The monoisotopic (exact) mass is 355 g/mol. The van der Waals surface area contributed by atoms with E-state index in [2.05, 4.69) is 10.6 Å². The standard InChI is InChI=1S/C17H25N3O3.ClH/c1-23-15(11-18)10-16(21)19-14-8-6-12(7-9-14)17(22)20-13-4-2-3-5-13;/h6-9,13,15H,2-5,10-11,18H2,1H3,(H,19,21)(H,20,22);1H. The van der Waals surface area contributed by atoms with Crippen molar-refractivity contribution in [3.8, 4) is 0 Å². The summed E-state index contributed by atoms with van der Waals surface area (Å²) in [7, 11) is 1.53. The minimum absolute atomic E-state index is 0. The molecule has 1 atom stereocenters. The molecule has 6 nitrogen and oxygen atoms in total. The Morgan fingerprint density at radius 1 is 1.25 bits per heavy atom. The number of ether oxygens (including phenoxy) is 1. The number of carbonyl (C=O) groups excluding carboxylic acids is 2. The number of anilines is 1. The van der Waals surface area contributed by atoms with Gasteiger partial charge in [0.15, 0.2) is 0 Å². The molecule has 1 unspecified atom stereocenters. The second-order valence-electron chi connectivity index (χ2n) is 5.88. The van der Waals surface area contributed by atoms with Crippen molar-refractivity contribution in [2.45, 2.75) is 44.2 Å². The maximum absolute atomic E-state index is 12.1. The van der Waals surface area contributed by atoms with Gasteiger partial charge in [-0.25, -0.2) is 0 Å². The Bertz CT molecular complexity index is 526. The normalized spacial score (nSPS) is 15.4. The summed E-state index contributed by atoms with van der Waals surface area (Å²) in [6, 6.07) is 7.19. The van der Waals surface area contributed by atoms with E-state index in [-0.39, 0.29) is 36.7 Å². The number of nitrogens with two attached hydrogens (primary N) is 1. The predicted octanol–water partition coefficient (Wildman–Crippen LogP) is 2.08. The van der Waals surface area contributed by atoms with Crippen LogP contribution in [-0.2, 0) is 9.53 Å². The van der Waals surface area contributed by atoms with Crippen LogP contribution in [0.1, 0.15) is 42.5 Å².